The van der Waals surface area contributed by atoms with Crippen LogP contribution in [-0.2, 0) is 6.18 Å². The van der Waals surface area contributed by atoms with Crippen LogP contribution in [0.2, 0.25) is 0 Å². The topological polar surface area (TPSA) is 67.4 Å². The Morgan fingerprint density at radius 1 is 1.55 bits per heavy atom. The molecule has 0 aromatic carbocycles. The summed E-state index contributed by atoms with van der Waals surface area (Å²) in [5, 5.41) is 2.68. The van der Waals surface area contributed by atoms with E-state index in [2.05, 4.69) is 15.3 Å². The van der Waals surface area contributed by atoms with E-state index < -0.39 is 18.0 Å². The molecule has 0 radical (unpaired) electrons. The van der Waals surface area contributed by atoms with E-state index in [0.717, 1.165) is 12.3 Å². The number of alkyl halides is 3. The molecule has 1 aromatic heterocycles. The van der Waals surface area contributed by atoms with E-state index in [9.17, 15) is 18.0 Å². The molecule has 6 nitrogen and oxygen atoms in total. The number of piperidine rings is 1. The number of urea groups is 1. The van der Waals surface area contributed by atoms with Gasteiger partial charge in [-0.2, -0.15) is 18.2 Å². The predicted octanol–water partition coefficient (Wildman–Crippen LogP) is 2.07. The van der Waals surface area contributed by atoms with Crippen molar-refractivity contribution in [3.8, 4) is 6.01 Å². The summed E-state index contributed by atoms with van der Waals surface area (Å²) in [6.07, 6.45) is -2.60. The van der Waals surface area contributed by atoms with Gasteiger partial charge in [-0.1, -0.05) is 0 Å². The lowest BCUT2D eigenvalue weighted by Gasteiger charge is -2.32. The van der Waals surface area contributed by atoms with E-state index in [1.165, 1.54) is 0 Å². The Kier molecular flexibility index (Phi) is 5.04. The van der Waals surface area contributed by atoms with Crippen molar-refractivity contribution in [2.24, 2.45) is 0 Å². The predicted molar refractivity (Wildman–Crippen MR) is 71.3 cm³/mol. The van der Waals surface area contributed by atoms with Crippen LogP contribution < -0.4 is 10.1 Å². The van der Waals surface area contributed by atoms with Gasteiger partial charge in [0.25, 0.3) is 0 Å². The van der Waals surface area contributed by atoms with Crippen molar-refractivity contribution in [2.45, 2.75) is 32.0 Å². The number of hydrogen-bond acceptors (Lipinski definition) is 4. The van der Waals surface area contributed by atoms with Crippen LogP contribution in [0, 0.1) is 0 Å². The maximum absolute atomic E-state index is 12.6. The number of aromatic nitrogens is 2. The maximum Gasteiger partial charge on any atom is 0.433 e. The van der Waals surface area contributed by atoms with Crippen molar-refractivity contribution in [1.29, 1.82) is 0 Å². The zero-order valence-corrected chi connectivity index (χ0v) is 12.1. The SMILES string of the molecule is CCNC(=O)N1CCCC(Oc2nccc(C(F)(F)F)n2)C1. The molecule has 9 heteroatoms. The van der Waals surface area contributed by atoms with Crippen molar-refractivity contribution in [1.82, 2.24) is 20.2 Å². The third kappa shape index (κ3) is 4.22. The first kappa shape index (κ1) is 16.3. The number of carbonyl (C=O) groups is 1. The number of hydrogen-bond donors (Lipinski definition) is 1. The van der Waals surface area contributed by atoms with Gasteiger partial charge < -0.3 is 15.0 Å². The van der Waals surface area contributed by atoms with E-state index >= 15 is 0 Å². The molecule has 22 heavy (non-hydrogen) atoms. The van der Waals surface area contributed by atoms with Crippen LogP contribution in [0.15, 0.2) is 12.3 Å². The Balaban J connectivity index is 2.00. The average Bonchev–Trinajstić information content (AvgIpc) is 2.47. The van der Waals surface area contributed by atoms with Gasteiger partial charge in [0.05, 0.1) is 6.54 Å². The van der Waals surface area contributed by atoms with Gasteiger partial charge >= 0.3 is 18.2 Å². The summed E-state index contributed by atoms with van der Waals surface area (Å²) in [4.78, 5) is 20.4. The normalized spacial score (nSPS) is 18.9. The first-order valence-corrected chi connectivity index (χ1v) is 7.00. The van der Waals surface area contributed by atoms with Crippen LogP contribution in [0.5, 0.6) is 6.01 Å². The van der Waals surface area contributed by atoms with Gasteiger partial charge in [0, 0.05) is 19.3 Å². The molecule has 1 atom stereocenters. The second-order valence-electron chi connectivity index (χ2n) is 4.89. The molecule has 1 aromatic rings. The smallest absolute Gasteiger partial charge is 0.433 e. The Morgan fingerprint density at radius 3 is 3.00 bits per heavy atom. The van der Waals surface area contributed by atoms with Gasteiger partial charge in [0.2, 0.25) is 0 Å². The first-order valence-electron chi connectivity index (χ1n) is 7.00. The summed E-state index contributed by atoms with van der Waals surface area (Å²) < 4.78 is 43.2. The molecule has 1 fully saturated rings. The highest BCUT2D eigenvalue weighted by atomic mass is 19.4. The lowest BCUT2D eigenvalue weighted by Crippen LogP contribution is -2.48. The van der Waals surface area contributed by atoms with E-state index in [1.807, 2.05) is 6.92 Å². The molecule has 2 heterocycles. The lowest BCUT2D eigenvalue weighted by atomic mass is 10.1. The van der Waals surface area contributed by atoms with Gasteiger partial charge in [-0.25, -0.2) is 9.78 Å². The number of carbonyl (C=O) groups excluding carboxylic acids is 1. The van der Waals surface area contributed by atoms with E-state index in [-0.39, 0.29) is 12.0 Å². The van der Waals surface area contributed by atoms with Crippen LogP contribution in [0.1, 0.15) is 25.5 Å². The molecule has 1 aliphatic heterocycles. The molecule has 0 saturated carbocycles. The standard InChI is InChI=1S/C13H17F3N4O2/c1-2-17-12(21)20-7-3-4-9(8-20)22-11-18-6-5-10(19-11)13(14,15)16/h5-6,9H,2-4,7-8H2,1H3,(H,17,21). The molecular formula is C13H17F3N4O2. The van der Waals surface area contributed by atoms with E-state index in [1.54, 1.807) is 4.90 Å². The number of halogens is 3. The van der Waals surface area contributed by atoms with Crippen molar-refractivity contribution in [2.75, 3.05) is 19.6 Å². The molecule has 1 unspecified atom stereocenters. The fraction of sp³-hybridized carbons (Fsp3) is 0.615. The minimum atomic E-state index is -4.54. The average molecular weight is 318 g/mol. The van der Waals surface area contributed by atoms with Crippen molar-refractivity contribution < 1.29 is 22.7 Å². The summed E-state index contributed by atoms with van der Waals surface area (Å²) in [5.41, 5.74) is -1.05. The van der Waals surface area contributed by atoms with E-state index in [4.69, 9.17) is 4.74 Å². The molecule has 0 aliphatic carbocycles. The highest BCUT2D eigenvalue weighted by Gasteiger charge is 2.33. The third-order valence-corrected chi connectivity index (χ3v) is 3.19. The number of likely N-dealkylation sites (tertiary alicyclic amines) is 1. The Hall–Kier alpha value is -2.06. The van der Waals surface area contributed by atoms with Crippen LogP contribution in [0.3, 0.4) is 0 Å². The van der Waals surface area contributed by atoms with Crippen LogP contribution >= 0.6 is 0 Å². The van der Waals surface area contributed by atoms with Crippen LogP contribution in [0.4, 0.5) is 18.0 Å². The molecule has 0 spiro atoms. The monoisotopic (exact) mass is 318 g/mol. The van der Waals surface area contributed by atoms with Crippen LogP contribution in [-0.4, -0.2) is 46.6 Å². The van der Waals surface area contributed by atoms with Crippen molar-refractivity contribution in [3.05, 3.63) is 18.0 Å². The molecule has 2 amide bonds. The van der Waals surface area contributed by atoms with Crippen LogP contribution in [0.25, 0.3) is 0 Å². The van der Waals surface area contributed by atoms with Gasteiger partial charge in [-0.05, 0) is 25.8 Å². The highest BCUT2D eigenvalue weighted by molar-refractivity contribution is 5.74. The summed E-state index contributed by atoms with van der Waals surface area (Å²) in [7, 11) is 0. The molecule has 122 valence electrons. The number of amides is 2. The fourth-order valence-corrected chi connectivity index (χ4v) is 2.19. The fourth-order valence-electron chi connectivity index (χ4n) is 2.19. The zero-order valence-electron chi connectivity index (χ0n) is 12.1. The van der Waals surface area contributed by atoms with Crippen molar-refractivity contribution >= 4 is 6.03 Å². The number of ether oxygens (including phenoxy) is 1. The quantitative estimate of drug-likeness (QED) is 0.926. The molecule has 0 bridgehead atoms. The lowest BCUT2D eigenvalue weighted by molar-refractivity contribution is -0.141. The Morgan fingerprint density at radius 2 is 2.32 bits per heavy atom. The second kappa shape index (κ2) is 6.80. The van der Waals surface area contributed by atoms with Gasteiger partial charge in [0.1, 0.15) is 6.10 Å². The number of nitrogens with zero attached hydrogens (tertiary/aromatic N) is 3. The van der Waals surface area contributed by atoms with Crippen molar-refractivity contribution in [3.63, 3.8) is 0 Å². The molecule has 1 aliphatic rings. The summed E-state index contributed by atoms with van der Waals surface area (Å²) in [6, 6.07) is 0.257. The summed E-state index contributed by atoms with van der Waals surface area (Å²) in [5.74, 6) is 0. The minimum Gasteiger partial charge on any atom is -0.458 e. The van der Waals surface area contributed by atoms with Gasteiger partial charge in [-0.3, -0.25) is 0 Å². The van der Waals surface area contributed by atoms with E-state index in [0.29, 0.717) is 32.5 Å². The molecule has 1 N–H and O–H groups in total. The molecular weight excluding hydrogens is 301 g/mol. The van der Waals surface area contributed by atoms with Gasteiger partial charge in [-0.15, -0.1) is 0 Å². The summed E-state index contributed by atoms with van der Waals surface area (Å²) in [6.45, 7) is 3.21. The zero-order chi connectivity index (χ0) is 16.2. The molecule has 1 saturated heterocycles. The summed E-state index contributed by atoms with van der Waals surface area (Å²) >= 11 is 0. The number of rotatable bonds is 3. The van der Waals surface area contributed by atoms with Gasteiger partial charge in [0.15, 0.2) is 5.69 Å². The Labute approximate surface area is 125 Å². The minimum absolute atomic E-state index is 0.208. The Bertz CT molecular complexity index is 524. The highest BCUT2D eigenvalue weighted by Crippen LogP contribution is 2.28. The largest absolute Gasteiger partial charge is 0.458 e. The molecule has 2 rings (SSSR count). The first-order chi connectivity index (χ1) is 10.4. The third-order valence-electron chi connectivity index (χ3n) is 3.19. The maximum atomic E-state index is 12.6. The second-order valence-corrected chi connectivity index (χ2v) is 4.89. The number of nitrogens with one attached hydrogen (secondary N) is 1.